The van der Waals surface area contributed by atoms with Gasteiger partial charge in [0.2, 0.25) is 11.9 Å². The predicted molar refractivity (Wildman–Crippen MR) is 105 cm³/mol. The fourth-order valence-electron chi connectivity index (χ4n) is 3.65. The SMILES string of the molecule is CCNC(=O)[C@H]1C[C@@H](n2cnc3c(N)nc(Nc4cccnc4)nc32)[C@H](O)[C@@H]1O. The highest BCUT2D eigenvalue weighted by molar-refractivity contribution is 5.84. The van der Waals surface area contributed by atoms with E-state index >= 15 is 0 Å². The van der Waals surface area contributed by atoms with E-state index in [1.807, 2.05) is 6.07 Å². The molecule has 0 saturated heterocycles. The molecule has 11 heteroatoms. The Kier molecular flexibility index (Phi) is 4.99. The molecule has 1 aliphatic carbocycles. The van der Waals surface area contributed by atoms with E-state index < -0.39 is 24.2 Å². The molecule has 0 spiro atoms. The van der Waals surface area contributed by atoms with Crippen LogP contribution in [0, 0.1) is 5.92 Å². The van der Waals surface area contributed by atoms with Gasteiger partial charge in [0.25, 0.3) is 0 Å². The highest BCUT2D eigenvalue weighted by atomic mass is 16.3. The summed E-state index contributed by atoms with van der Waals surface area (Å²) in [5.74, 6) is -0.592. The van der Waals surface area contributed by atoms with Crippen molar-refractivity contribution in [3.8, 4) is 0 Å². The first-order chi connectivity index (χ1) is 14.0. The molecular formula is C18H22N8O3. The van der Waals surface area contributed by atoms with E-state index in [0.717, 1.165) is 0 Å². The summed E-state index contributed by atoms with van der Waals surface area (Å²) in [4.78, 5) is 29.2. The largest absolute Gasteiger partial charge is 0.390 e. The number of nitrogens with zero attached hydrogens (tertiary/aromatic N) is 5. The number of nitrogen functional groups attached to an aromatic ring is 1. The number of aromatic nitrogens is 5. The van der Waals surface area contributed by atoms with E-state index in [-0.39, 0.29) is 24.1 Å². The number of hydrogen-bond donors (Lipinski definition) is 5. The average Bonchev–Trinajstić information content (AvgIpc) is 3.25. The molecule has 4 atom stereocenters. The Labute approximate surface area is 166 Å². The first-order valence-corrected chi connectivity index (χ1v) is 9.30. The molecule has 6 N–H and O–H groups in total. The molecule has 152 valence electrons. The second kappa shape index (κ2) is 7.60. The normalized spacial score (nSPS) is 24.0. The van der Waals surface area contributed by atoms with Crippen molar-refractivity contribution in [2.24, 2.45) is 5.92 Å². The van der Waals surface area contributed by atoms with Crippen LogP contribution in [0.3, 0.4) is 0 Å². The number of rotatable bonds is 5. The molecule has 3 aromatic heterocycles. The lowest BCUT2D eigenvalue weighted by Gasteiger charge is -2.18. The van der Waals surface area contributed by atoms with E-state index in [0.29, 0.717) is 23.4 Å². The van der Waals surface area contributed by atoms with Crippen molar-refractivity contribution in [1.29, 1.82) is 0 Å². The third-order valence-electron chi connectivity index (χ3n) is 5.06. The second-order valence-electron chi connectivity index (χ2n) is 6.91. The van der Waals surface area contributed by atoms with Crippen molar-refractivity contribution in [2.45, 2.75) is 31.6 Å². The first kappa shape index (κ1) is 19.0. The smallest absolute Gasteiger partial charge is 0.231 e. The Balaban J connectivity index is 1.68. The monoisotopic (exact) mass is 398 g/mol. The van der Waals surface area contributed by atoms with Crippen LogP contribution in [0.5, 0.6) is 0 Å². The molecule has 0 bridgehead atoms. The number of anilines is 3. The van der Waals surface area contributed by atoms with Crippen molar-refractivity contribution in [3.05, 3.63) is 30.9 Å². The van der Waals surface area contributed by atoms with E-state index in [1.165, 1.54) is 6.33 Å². The number of amides is 1. The van der Waals surface area contributed by atoms with Gasteiger partial charge in [-0.3, -0.25) is 9.78 Å². The minimum atomic E-state index is -1.18. The number of hydrogen-bond acceptors (Lipinski definition) is 9. The Morgan fingerprint density at radius 3 is 2.90 bits per heavy atom. The van der Waals surface area contributed by atoms with Crippen LogP contribution in [0.25, 0.3) is 11.2 Å². The summed E-state index contributed by atoms with van der Waals surface area (Å²) in [6.07, 6.45) is 2.67. The predicted octanol–water partition coefficient (Wildman–Crippen LogP) is -0.0340. The Morgan fingerprint density at radius 1 is 1.34 bits per heavy atom. The molecular weight excluding hydrogens is 376 g/mol. The van der Waals surface area contributed by atoms with Crippen LogP contribution >= 0.6 is 0 Å². The molecule has 3 heterocycles. The number of carbonyl (C=O) groups excluding carboxylic acids is 1. The van der Waals surface area contributed by atoms with Gasteiger partial charge in [-0.25, -0.2) is 4.98 Å². The third kappa shape index (κ3) is 3.45. The summed E-state index contributed by atoms with van der Waals surface area (Å²) in [6.45, 7) is 2.25. The highest BCUT2D eigenvalue weighted by Gasteiger charge is 2.46. The van der Waals surface area contributed by atoms with Gasteiger partial charge in [-0.1, -0.05) is 0 Å². The molecule has 1 amide bonds. The zero-order valence-corrected chi connectivity index (χ0v) is 15.7. The summed E-state index contributed by atoms with van der Waals surface area (Å²) in [5.41, 5.74) is 7.51. The van der Waals surface area contributed by atoms with E-state index in [2.05, 4.69) is 30.6 Å². The quantitative estimate of drug-likeness (QED) is 0.397. The zero-order chi connectivity index (χ0) is 20.5. The first-order valence-electron chi connectivity index (χ1n) is 9.30. The van der Waals surface area contributed by atoms with Gasteiger partial charge in [0.05, 0.1) is 36.3 Å². The number of pyridine rings is 1. The lowest BCUT2D eigenvalue weighted by molar-refractivity contribution is -0.128. The molecule has 0 radical (unpaired) electrons. The number of imidazole rings is 1. The summed E-state index contributed by atoms with van der Waals surface area (Å²) < 4.78 is 1.63. The van der Waals surface area contributed by atoms with Crippen LogP contribution in [0.4, 0.5) is 17.5 Å². The van der Waals surface area contributed by atoms with Crippen LogP contribution in [0.15, 0.2) is 30.9 Å². The van der Waals surface area contributed by atoms with Crippen molar-refractivity contribution in [3.63, 3.8) is 0 Å². The van der Waals surface area contributed by atoms with Crippen LogP contribution in [-0.2, 0) is 4.79 Å². The lowest BCUT2D eigenvalue weighted by Crippen LogP contribution is -2.38. The number of nitrogens with one attached hydrogen (secondary N) is 2. The van der Waals surface area contributed by atoms with Crippen LogP contribution < -0.4 is 16.4 Å². The minimum absolute atomic E-state index is 0.174. The number of aliphatic hydroxyl groups is 2. The van der Waals surface area contributed by atoms with Gasteiger partial charge in [0.1, 0.15) is 11.6 Å². The molecule has 1 saturated carbocycles. The number of carbonyl (C=O) groups is 1. The van der Waals surface area contributed by atoms with Gasteiger partial charge >= 0.3 is 0 Å². The summed E-state index contributed by atoms with van der Waals surface area (Å²) in [7, 11) is 0. The molecule has 29 heavy (non-hydrogen) atoms. The fourth-order valence-corrected chi connectivity index (χ4v) is 3.65. The Bertz CT molecular complexity index is 1020. The maximum atomic E-state index is 12.2. The van der Waals surface area contributed by atoms with Gasteiger partial charge in [-0.15, -0.1) is 0 Å². The minimum Gasteiger partial charge on any atom is -0.390 e. The summed E-state index contributed by atoms with van der Waals surface area (Å²) in [6, 6.07) is 3.00. The topological polar surface area (TPSA) is 164 Å². The molecule has 1 fully saturated rings. The maximum Gasteiger partial charge on any atom is 0.231 e. The number of fused-ring (bicyclic) bond motifs is 1. The number of aliphatic hydroxyl groups excluding tert-OH is 2. The molecule has 0 unspecified atom stereocenters. The van der Waals surface area contributed by atoms with Crippen LogP contribution in [-0.4, -0.2) is 59.4 Å². The van der Waals surface area contributed by atoms with E-state index in [1.54, 1.807) is 30.0 Å². The highest BCUT2D eigenvalue weighted by Crippen LogP contribution is 2.37. The molecule has 11 nitrogen and oxygen atoms in total. The standard InChI is InChI=1S/C18H22N8O3/c1-2-21-17(29)10-6-11(14(28)13(10)27)26-8-22-12-15(19)24-18(25-16(12)26)23-9-4-3-5-20-7-9/h3-5,7-8,10-11,13-14,27-28H,2,6H2,1H3,(H,21,29)(H3,19,23,24,25)/t10-,11+,13+,14-/m0/s1. The van der Waals surface area contributed by atoms with Crippen molar-refractivity contribution in [1.82, 2.24) is 29.8 Å². The van der Waals surface area contributed by atoms with Gasteiger partial charge in [0, 0.05) is 12.7 Å². The van der Waals surface area contributed by atoms with Gasteiger partial charge in [-0.05, 0) is 25.5 Å². The van der Waals surface area contributed by atoms with E-state index in [4.69, 9.17) is 5.73 Å². The van der Waals surface area contributed by atoms with Crippen LogP contribution in [0.1, 0.15) is 19.4 Å². The molecule has 0 aliphatic heterocycles. The fraction of sp³-hybridized carbons (Fsp3) is 0.389. The Morgan fingerprint density at radius 2 is 2.17 bits per heavy atom. The van der Waals surface area contributed by atoms with Crippen molar-refractivity contribution in [2.75, 3.05) is 17.6 Å². The molecule has 4 rings (SSSR count). The molecule has 0 aromatic carbocycles. The molecule has 3 aromatic rings. The Hall–Kier alpha value is -3.31. The lowest BCUT2D eigenvalue weighted by atomic mass is 10.0. The average molecular weight is 398 g/mol. The van der Waals surface area contributed by atoms with Gasteiger partial charge in [-0.2, -0.15) is 9.97 Å². The van der Waals surface area contributed by atoms with Crippen LogP contribution in [0.2, 0.25) is 0 Å². The van der Waals surface area contributed by atoms with Crippen molar-refractivity contribution >= 4 is 34.5 Å². The third-order valence-corrected chi connectivity index (χ3v) is 5.06. The van der Waals surface area contributed by atoms with Gasteiger partial charge < -0.3 is 31.1 Å². The zero-order valence-electron chi connectivity index (χ0n) is 15.7. The summed E-state index contributed by atoms with van der Waals surface area (Å²) in [5, 5.41) is 26.7. The number of nitrogens with two attached hydrogens (primary N) is 1. The van der Waals surface area contributed by atoms with Crippen molar-refractivity contribution < 1.29 is 15.0 Å². The maximum absolute atomic E-state index is 12.2. The van der Waals surface area contributed by atoms with Gasteiger partial charge in [0.15, 0.2) is 11.5 Å². The second-order valence-corrected chi connectivity index (χ2v) is 6.91. The summed E-state index contributed by atoms with van der Waals surface area (Å²) >= 11 is 0. The van der Waals surface area contributed by atoms with E-state index in [9.17, 15) is 15.0 Å². The molecule has 1 aliphatic rings.